The second-order valence-electron chi connectivity index (χ2n) is 4.75. The van der Waals surface area contributed by atoms with Crippen molar-refractivity contribution in [1.29, 1.82) is 0 Å². The van der Waals surface area contributed by atoms with Crippen molar-refractivity contribution in [3.05, 3.63) is 28.2 Å². The SMILES string of the molecule is CC(Nc1cc(C(F)(F)F)ccc1Br)C1CCOC1. The zero-order valence-electron chi connectivity index (χ0n) is 10.4. The molecule has 1 heterocycles. The van der Waals surface area contributed by atoms with Gasteiger partial charge >= 0.3 is 6.18 Å². The number of rotatable bonds is 3. The molecule has 0 aliphatic carbocycles. The van der Waals surface area contributed by atoms with E-state index in [2.05, 4.69) is 21.2 Å². The first-order valence-corrected chi connectivity index (χ1v) is 6.88. The van der Waals surface area contributed by atoms with Gasteiger partial charge in [-0.25, -0.2) is 0 Å². The summed E-state index contributed by atoms with van der Waals surface area (Å²) in [5.41, 5.74) is -0.178. The van der Waals surface area contributed by atoms with Crippen LogP contribution in [0.3, 0.4) is 0 Å². The predicted octanol–water partition coefficient (Wildman–Crippen LogP) is 4.30. The topological polar surface area (TPSA) is 21.3 Å². The third-order valence-electron chi connectivity index (χ3n) is 3.35. The van der Waals surface area contributed by atoms with Crippen LogP contribution < -0.4 is 5.32 Å². The molecule has 2 atom stereocenters. The molecule has 1 aromatic carbocycles. The van der Waals surface area contributed by atoms with Crippen LogP contribution in [0.4, 0.5) is 18.9 Å². The molecular formula is C13H15BrF3NO. The largest absolute Gasteiger partial charge is 0.416 e. The lowest BCUT2D eigenvalue weighted by atomic mass is 10.0. The molecular weight excluding hydrogens is 323 g/mol. The maximum absolute atomic E-state index is 12.7. The number of anilines is 1. The van der Waals surface area contributed by atoms with Crippen molar-refractivity contribution in [2.24, 2.45) is 5.92 Å². The highest BCUT2D eigenvalue weighted by Crippen LogP contribution is 2.34. The van der Waals surface area contributed by atoms with E-state index in [0.717, 1.165) is 25.2 Å². The van der Waals surface area contributed by atoms with E-state index in [1.54, 1.807) is 0 Å². The first-order valence-electron chi connectivity index (χ1n) is 6.09. The van der Waals surface area contributed by atoms with Crippen molar-refractivity contribution in [1.82, 2.24) is 0 Å². The van der Waals surface area contributed by atoms with Crippen LogP contribution in [0, 0.1) is 5.92 Å². The molecule has 0 bridgehead atoms. The molecule has 106 valence electrons. The third kappa shape index (κ3) is 3.63. The Morgan fingerprint density at radius 1 is 1.42 bits per heavy atom. The number of hydrogen-bond donors (Lipinski definition) is 1. The van der Waals surface area contributed by atoms with Crippen molar-refractivity contribution in [3.8, 4) is 0 Å². The van der Waals surface area contributed by atoms with Crippen molar-refractivity contribution in [3.63, 3.8) is 0 Å². The zero-order chi connectivity index (χ0) is 14.0. The van der Waals surface area contributed by atoms with Crippen molar-refractivity contribution >= 4 is 21.6 Å². The first kappa shape index (κ1) is 14.7. The number of alkyl halides is 3. The average molecular weight is 338 g/mol. The molecule has 1 fully saturated rings. The van der Waals surface area contributed by atoms with E-state index in [4.69, 9.17) is 4.74 Å². The normalized spacial score (nSPS) is 21.4. The monoisotopic (exact) mass is 337 g/mol. The minimum absolute atomic E-state index is 0.0716. The standard InChI is InChI=1S/C13H15BrF3NO/c1-8(9-4-5-19-7-9)18-12-6-10(13(15,16)17)2-3-11(12)14/h2-3,6,8-9,18H,4-5,7H2,1H3. The Morgan fingerprint density at radius 2 is 2.16 bits per heavy atom. The second-order valence-corrected chi connectivity index (χ2v) is 5.60. The highest BCUT2D eigenvalue weighted by molar-refractivity contribution is 9.10. The zero-order valence-corrected chi connectivity index (χ0v) is 12.0. The summed E-state index contributed by atoms with van der Waals surface area (Å²) in [6.07, 6.45) is -3.39. The molecule has 1 aliphatic heterocycles. The Bertz CT molecular complexity index is 444. The lowest BCUT2D eigenvalue weighted by Crippen LogP contribution is -2.26. The van der Waals surface area contributed by atoms with Gasteiger partial charge in [0.1, 0.15) is 0 Å². The molecule has 2 unspecified atom stereocenters. The summed E-state index contributed by atoms with van der Waals surface area (Å²) in [6.45, 7) is 3.34. The minimum Gasteiger partial charge on any atom is -0.381 e. The summed E-state index contributed by atoms with van der Waals surface area (Å²) in [6, 6.07) is 3.69. The average Bonchev–Trinajstić information content (AvgIpc) is 2.84. The fourth-order valence-electron chi connectivity index (χ4n) is 2.12. The van der Waals surface area contributed by atoms with E-state index in [1.165, 1.54) is 6.07 Å². The fraction of sp³-hybridized carbons (Fsp3) is 0.538. The Hall–Kier alpha value is -0.750. The van der Waals surface area contributed by atoms with Crippen LogP contribution in [-0.2, 0) is 10.9 Å². The molecule has 19 heavy (non-hydrogen) atoms. The number of halogens is 4. The van der Waals surface area contributed by atoms with Crippen molar-refractivity contribution in [2.75, 3.05) is 18.5 Å². The van der Waals surface area contributed by atoms with Crippen LogP contribution in [0.15, 0.2) is 22.7 Å². The highest BCUT2D eigenvalue weighted by Gasteiger charge is 2.31. The van der Waals surface area contributed by atoms with E-state index in [-0.39, 0.29) is 6.04 Å². The number of nitrogens with one attached hydrogen (secondary N) is 1. The molecule has 1 saturated heterocycles. The first-order chi connectivity index (χ1) is 8.88. The minimum atomic E-state index is -4.32. The number of benzene rings is 1. The van der Waals surface area contributed by atoms with Gasteiger partial charge in [0, 0.05) is 28.7 Å². The van der Waals surface area contributed by atoms with Crippen LogP contribution in [0.25, 0.3) is 0 Å². The van der Waals surface area contributed by atoms with E-state index in [0.29, 0.717) is 22.7 Å². The van der Waals surface area contributed by atoms with Gasteiger partial charge in [-0.1, -0.05) is 0 Å². The molecule has 0 radical (unpaired) electrons. The number of hydrogen-bond acceptors (Lipinski definition) is 2. The van der Waals surface area contributed by atoms with Crippen LogP contribution in [0.5, 0.6) is 0 Å². The summed E-state index contributed by atoms with van der Waals surface area (Å²) in [7, 11) is 0. The van der Waals surface area contributed by atoms with E-state index in [1.807, 2.05) is 6.92 Å². The molecule has 2 nitrogen and oxygen atoms in total. The van der Waals surface area contributed by atoms with Crippen LogP contribution in [-0.4, -0.2) is 19.3 Å². The van der Waals surface area contributed by atoms with Crippen LogP contribution in [0.1, 0.15) is 18.9 Å². The lowest BCUT2D eigenvalue weighted by Gasteiger charge is -2.22. The maximum Gasteiger partial charge on any atom is 0.416 e. The van der Waals surface area contributed by atoms with Gasteiger partial charge in [0.25, 0.3) is 0 Å². The Morgan fingerprint density at radius 3 is 2.74 bits per heavy atom. The van der Waals surface area contributed by atoms with Crippen molar-refractivity contribution < 1.29 is 17.9 Å². The molecule has 0 amide bonds. The van der Waals surface area contributed by atoms with E-state index in [9.17, 15) is 13.2 Å². The summed E-state index contributed by atoms with van der Waals surface area (Å²) in [4.78, 5) is 0. The van der Waals surface area contributed by atoms with E-state index < -0.39 is 11.7 Å². The molecule has 6 heteroatoms. The van der Waals surface area contributed by atoms with Gasteiger partial charge in [0.15, 0.2) is 0 Å². The van der Waals surface area contributed by atoms with Gasteiger partial charge in [-0.15, -0.1) is 0 Å². The molecule has 0 aromatic heterocycles. The van der Waals surface area contributed by atoms with Crippen molar-refractivity contribution in [2.45, 2.75) is 25.6 Å². The summed E-state index contributed by atoms with van der Waals surface area (Å²) >= 11 is 3.27. The fourth-order valence-corrected chi connectivity index (χ4v) is 2.48. The second kappa shape index (κ2) is 5.71. The maximum atomic E-state index is 12.7. The highest BCUT2D eigenvalue weighted by atomic mass is 79.9. The van der Waals surface area contributed by atoms with Gasteiger partial charge in [0.2, 0.25) is 0 Å². The van der Waals surface area contributed by atoms with Gasteiger partial charge in [-0.05, 0) is 47.5 Å². The van der Waals surface area contributed by atoms with Gasteiger partial charge in [-0.3, -0.25) is 0 Å². The predicted molar refractivity (Wildman–Crippen MR) is 71.2 cm³/mol. The van der Waals surface area contributed by atoms with Gasteiger partial charge < -0.3 is 10.1 Å². The van der Waals surface area contributed by atoms with Gasteiger partial charge in [0.05, 0.1) is 12.2 Å². The third-order valence-corrected chi connectivity index (χ3v) is 4.04. The van der Waals surface area contributed by atoms with Crippen LogP contribution >= 0.6 is 15.9 Å². The van der Waals surface area contributed by atoms with E-state index >= 15 is 0 Å². The Labute approximate surface area is 118 Å². The molecule has 0 saturated carbocycles. The summed E-state index contributed by atoms with van der Waals surface area (Å²) < 4.78 is 43.9. The Balaban J connectivity index is 2.14. The van der Waals surface area contributed by atoms with Gasteiger partial charge in [-0.2, -0.15) is 13.2 Å². The smallest absolute Gasteiger partial charge is 0.381 e. The molecule has 1 aliphatic rings. The summed E-state index contributed by atoms with van der Waals surface area (Å²) in [5.74, 6) is 0.335. The quantitative estimate of drug-likeness (QED) is 0.887. The molecule has 1 N–H and O–H groups in total. The summed E-state index contributed by atoms with van der Waals surface area (Å²) in [5, 5.41) is 3.14. The van der Waals surface area contributed by atoms with Crippen LogP contribution in [0.2, 0.25) is 0 Å². The number of ether oxygens (including phenoxy) is 1. The molecule has 2 rings (SSSR count). The molecule has 1 aromatic rings. The Kier molecular flexibility index (Phi) is 4.40. The lowest BCUT2D eigenvalue weighted by molar-refractivity contribution is -0.137. The molecule has 0 spiro atoms.